The Hall–Kier alpha value is -6.32. The first kappa shape index (κ1) is 27.6. The topological polar surface area (TPSA) is 25.6 Å². The van der Waals surface area contributed by atoms with E-state index in [0.29, 0.717) is 5.92 Å². The first-order chi connectivity index (χ1) is 24.7. The van der Waals surface area contributed by atoms with Crippen molar-refractivity contribution in [1.82, 2.24) is 0 Å². The highest BCUT2D eigenvalue weighted by Gasteiger charge is 2.64. The summed E-state index contributed by atoms with van der Waals surface area (Å²) >= 11 is 0. The Morgan fingerprint density at radius 3 is 2.08 bits per heavy atom. The highest BCUT2D eigenvalue weighted by molar-refractivity contribution is 6.15. The van der Waals surface area contributed by atoms with Gasteiger partial charge in [0.2, 0.25) is 0 Å². The molecule has 2 heterocycles. The summed E-state index contributed by atoms with van der Waals surface area (Å²) in [7, 11) is 0. The SMILES string of the molecule is c1ccc(-c2cccc(N(c3ccc4oc5ccc6c(c5c4c3)OC3(c4ccccc4)CC63)c3cc4ccccc4c4ccccc34)c2)cc1. The molecule has 1 aromatic heterocycles. The highest BCUT2D eigenvalue weighted by Crippen LogP contribution is 2.69. The van der Waals surface area contributed by atoms with E-state index < -0.39 is 0 Å². The van der Waals surface area contributed by atoms with E-state index in [-0.39, 0.29) is 5.60 Å². The van der Waals surface area contributed by atoms with E-state index in [4.69, 9.17) is 9.15 Å². The van der Waals surface area contributed by atoms with Crippen molar-refractivity contribution in [2.75, 3.05) is 4.90 Å². The van der Waals surface area contributed by atoms with Gasteiger partial charge in [0.15, 0.2) is 0 Å². The lowest BCUT2D eigenvalue weighted by Gasteiger charge is -2.28. The molecule has 11 rings (SSSR count). The summed E-state index contributed by atoms with van der Waals surface area (Å²) in [5, 5.41) is 7.01. The van der Waals surface area contributed by atoms with Gasteiger partial charge in [-0.05, 0) is 75.3 Å². The molecule has 8 aromatic carbocycles. The van der Waals surface area contributed by atoms with Crippen molar-refractivity contribution in [3.63, 3.8) is 0 Å². The number of ether oxygens (including phenoxy) is 1. The maximum atomic E-state index is 7.00. The minimum absolute atomic E-state index is 0.285. The molecule has 0 spiro atoms. The monoisotopic (exact) mass is 641 g/mol. The minimum Gasteiger partial charge on any atom is -0.481 e. The van der Waals surface area contributed by atoms with Crippen molar-refractivity contribution in [2.24, 2.45) is 0 Å². The lowest BCUT2D eigenvalue weighted by molar-refractivity contribution is 0.197. The number of hydrogen-bond donors (Lipinski definition) is 0. The van der Waals surface area contributed by atoms with Gasteiger partial charge in [0.05, 0.1) is 11.1 Å². The fraction of sp³-hybridized carbons (Fsp3) is 0.0638. The molecule has 2 unspecified atom stereocenters. The predicted molar refractivity (Wildman–Crippen MR) is 205 cm³/mol. The van der Waals surface area contributed by atoms with Crippen molar-refractivity contribution in [3.8, 4) is 16.9 Å². The second-order valence-electron chi connectivity index (χ2n) is 13.7. The van der Waals surface area contributed by atoms with Gasteiger partial charge in [-0.1, -0.05) is 127 Å². The van der Waals surface area contributed by atoms with Gasteiger partial charge in [0, 0.05) is 40.0 Å². The molecule has 2 aliphatic rings. The standard InChI is InChI=1S/C47H31NO2/c1-3-12-30(13-4-1)31-15-11-18-34(26-31)48(42-27-32-14-7-8-19-36(32)37-20-9-10-21-38(37)42)35-22-24-43-40(28-35)45-44(49-43)25-23-39-41-29-47(41,50-46(39)45)33-16-5-2-6-17-33/h1-28,41H,29H2. The van der Waals surface area contributed by atoms with Gasteiger partial charge in [0.25, 0.3) is 0 Å². The third-order valence-electron chi connectivity index (χ3n) is 10.9. The van der Waals surface area contributed by atoms with E-state index in [1.165, 1.54) is 43.8 Å². The first-order valence-electron chi connectivity index (χ1n) is 17.3. The largest absolute Gasteiger partial charge is 0.481 e. The van der Waals surface area contributed by atoms with Gasteiger partial charge >= 0.3 is 0 Å². The van der Waals surface area contributed by atoms with Crippen LogP contribution in [0.25, 0.3) is 54.6 Å². The van der Waals surface area contributed by atoms with Crippen LogP contribution in [0, 0.1) is 0 Å². The van der Waals surface area contributed by atoms with Gasteiger partial charge < -0.3 is 14.1 Å². The Morgan fingerprint density at radius 1 is 0.520 bits per heavy atom. The number of benzene rings is 8. The van der Waals surface area contributed by atoms with E-state index in [1.54, 1.807) is 0 Å². The molecule has 236 valence electrons. The third-order valence-corrected chi connectivity index (χ3v) is 10.9. The quantitative estimate of drug-likeness (QED) is 0.175. The number of nitrogens with zero attached hydrogens (tertiary/aromatic N) is 1. The second-order valence-corrected chi connectivity index (χ2v) is 13.7. The van der Waals surface area contributed by atoms with E-state index in [9.17, 15) is 0 Å². The van der Waals surface area contributed by atoms with Crippen LogP contribution in [-0.4, -0.2) is 0 Å². The van der Waals surface area contributed by atoms with E-state index >= 15 is 0 Å². The molecule has 9 aromatic rings. The first-order valence-corrected chi connectivity index (χ1v) is 17.3. The number of rotatable bonds is 5. The van der Waals surface area contributed by atoms with Crippen LogP contribution >= 0.6 is 0 Å². The molecule has 0 N–H and O–H groups in total. The fourth-order valence-corrected chi connectivity index (χ4v) is 8.47. The Kier molecular flexibility index (Phi) is 5.71. The molecule has 0 radical (unpaired) electrons. The molecule has 3 heteroatoms. The van der Waals surface area contributed by atoms with Crippen molar-refractivity contribution in [3.05, 3.63) is 181 Å². The molecule has 0 saturated heterocycles. The summed E-state index contributed by atoms with van der Waals surface area (Å²) in [6.07, 6.45) is 1.01. The molecule has 1 fully saturated rings. The van der Waals surface area contributed by atoms with Crippen molar-refractivity contribution in [1.29, 1.82) is 0 Å². The Bertz CT molecular complexity index is 2780. The van der Waals surface area contributed by atoms with Crippen LogP contribution in [-0.2, 0) is 5.60 Å². The van der Waals surface area contributed by atoms with Crippen LogP contribution in [0.5, 0.6) is 5.75 Å². The molecular weight excluding hydrogens is 611 g/mol. The summed E-state index contributed by atoms with van der Waals surface area (Å²) < 4.78 is 13.5. The maximum Gasteiger partial charge on any atom is 0.142 e. The van der Waals surface area contributed by atoms with Gasteiger partial charge in [-0.2, -0.15) is 0 Å². The molecule has 0 amide bonds. The average Bonchev–Trinajstić information content (AvgIpc) is 3.64. The lowest BCUT2D eigenvalue weighted by atomic mass is 9.98. The average molecular weight is 642 g/mol. The third kappa shape index (κ3) is 3.98. The molecule has 3 nitrogen and oxygen atoms in total. The number of fused-ring (bicyclic) bond motifs is 10. The Labute approximate surface area is 289 Å². The minimum atomic E-state index is -0.285. The summed E-state index contributed by atoms with van der Waals surface area (Å²) in [5.74, 6) is 1.32. The van der Waals surface area contributed by atoms with E-state index in [1.807, 2.05) is 0 Å². The summed E-state index contributed by atoms with van der Waals surface area (Å²) in [6, 6.07) is 60.9. The molecular formula is C47H31NO2. The molecule has 0 bridgehead atoms. The zero-order chi connectivity index (χ0) is 32.8. The summed E-state index contributed by atoms with van der Waals surface area (Å²) in [6.45, 7) is 0. The molecule has 1 saturated carbocycles. The van der Waals surface area contributed by atoms with Crippen molar-refractivity contribution in [2.45, 2.75) is 17.9 Å². The molecule has 50 heavy (non-hydrogen) atoms. The van der Waals surface area contributed by atoms with Gasteiger partial charge in [-0.15, -0.1) is 0 Å². The predicted octanol–water partition coefficient (Wildman–Crippen LogP) is 12.8. The number of hydrogen-bond acceptors (Lipinski definition) is 3. The van der Waals surface area contributed by atoms with Gasteiger partial charge in [-0.25, -0.2) is 0 Å². The Balaban J connectivity index is 1.15. The van der Waals surface area contributed by atoms with Crippen LogP contribution in [0.4, 0.5) is 17.1 Å². The number of anilines is 3. The number of furan rings is 1. The zero-order valence-corrected chi connectivity index (χ0v) is 27.2. The van der Waals surface area contributed by atoms with Crippen LogP contribution in [0.15, 0.2) is 174 Å². The lowest BCUT2D eigenvalue weighted by Crippen LogP contribution is -2.13. The van der Waals surface area contributed by atoms with Crippen molar-refractivity contribution < 1.29 is 9.15 Å². The van der Waals surface area contributed by atoms with Crippen LogP contribution in [0.2, 0.25) is 0 Å². The highest BCUT2D eigenvalue weighted by atomic mass is 16.5. The summed E-state index contributed by atoms with van der Waals surface area (Å²) in [5.41, 5.74) is 9.59. The van der Waals surface area contributed by atoms with Crippen LogP contribution in [0.3, 0.4) is 0 Å². The fourth-order valence-electron chi connectivity index (χ4n) is 8.47. The van der Waals surface area contributed by atoms with E-state index in [2.05, 4.69) is 175 Å². The van der Waals surface area contributed by atoms with Crippen molar-refractivity contribution >= 4 is 60.5 Å². The molecule has 1 aliphatic heterocycles. The second kappa shape index (κ2) is 10.3. The van der Waals surface area contributed by atoms with Gasteiger partial charge in [0.1, 0.15) is 22.5 Å². The van der Waals surface area contributed by atoms with Crippen LogP contribution < -0.4 is 9.64 Å². The van der Waals surface area contributed by atoms with Gasteiger partial charge in [-0.3, -0.25) is 0 Å². The Morgan fingerprint density at radius 2 is 1.22 bits per heavy atom. The smallest absolute Gasteiger partial charge is 0.142 e. The maximum absolute atomic E-state index is 7.00. The van der Waals surface area contributed by atoms with Crippen LogP contribution in [0.1, 0.15) is 23.5 Å². The molecule has 1 aliphatic carbocycles. The zero-order valence-electron chi connectivity index (χ0n) is 27.2. The molecule has 2 atom stereocenters. The normalized spacial score (nSPS) is 17.6. The summed E-state index contributed by atoms with van der Waals surface area (Å²) in [4.78, 5) is 2.41. The van der Waals surface area contributed by atoms with E-state index in [0.717, 1.165) is 51.2 Å².